The second-order valence-corrected chi connectivity index (χ2v) is 3.54. The zero-order valence-electron chi connectivity index (χ0n) is 9.34. The third kappa shape index (κ3) is 2.34. The molecule has 0 fully saturated rings. The standard InChI is InChI=1S/C13H11N3O/c1-9-12(15)7-10(8-14)13(16-9)17-11-5-3-2-4-6-11/h2-7H,15H2,1H3. The van der Waals surface area contributed by atoms with Crippen molar-refractivity contribution >= 4 is 5.69 Å². The number of benzene rings is 1. The van der Waals surface area contributed by atoms with E-state index in [1.54, 1.807) is 25.1 Å². The van der Waals surface area contributed by atoms with Crippen molar-refractivity contribution < 1.29 is 4.74 Å². The molecule has 0 unspecified atom stereocenters. The Morgan fingerprint density at radius 1 is 1.29 bits per heavy atom. The fraction of sp³-hybridized carbons (Fsp3) is 0.0769. The molecule has 0 saturated heterocycles. The summed E-state index contributed by atoms with van der Waals surface area (Å²) < 4.78 is 5.55. The van der Waals surface area contributed by atoms with E-state index in [9.17, 15) is 0 Å². The maximum Gasteiger partial charge on any atom is 0.237 e. The van der Waals surface area contributed by atoms with E-state index in [0.29, 0.717) is 22.7 Å². The van der Waals surface area contributed by atoms with Crippen molar-refractivity contribution in [3.05, 3.63) is 47.7 Å². The summed E-state index contributed by atoms with van der Waals surface area (Å²) in [5.41, 5.74) is 7.16. The minimum Gasteiger partial charge on any atom is -0.438 e. The molecule has 1 aromatic carbocycles. The van der Waals surface area contributed by atoms with Crippen LogP contribution in [0.15, 0.2) is 36.4 Å². The van der Waals surface area contributed by atoms with E-state index < -0.39 is 0 Å². The third-order valence-corrected chi connectivity index (χ3v) is 2.30. The maximum absolute atomic E-state index is 8.99. The van der Waals surface area contributed by atoms with Gasteiger partial charge in [0.15, 0.2) is 0 Å². The molecule has 4 heteroatoms. The van der Waals surface area contributed by atoms with E-state index in [0.717, 1.165) is 0 Å². The smallest absolute Gasteiger partial charge is 0.237 e. The van der Waals surface area contributed by atoms with Gasteiger partial charge in [0.2, 0.25) is 5.88 Å². The van der Waals surface area contributed by atoms with E-state index in [1.807, 2.05) is 24.3 Å². The van der Waals surface area contributed by atoms with Crippen LogP contribution < -0.4 is 10.5 Å². The van der Waals surface area contributed by atoms with Crippen LogP contribution in [0.25, 0.3) is 0 Å². The van der Waals surface area contributed by atoms with Gasteiger partial charge in [-0.15, -0.1) is 0 Å². The van der Waals surface area contributed by atoms with Crippen LogP contribution in [0.4, 0.5) is 5.69 Å². The molecule has 0 spiro atoms. The average Bonchev–Trinajstić information content (AvgIpc) is 2.35. The molecule has 0 radical (unpaired) electrons. The van der Waals surface area contributed by atoms with Crippen molar-refractivity contribution in [3.8, 4) is 17.7 Å². The number of nitriles is 1. The van der Waals surface area contributed by atoms with Gasteiger partial charge in [-0.3, -0.25) is 0 Å². The Morgan fingerprint density at radius 2 is 2.00 bits per heavy atom. The molecule has 1 aromatic heterocycles. The first kappa shape index (κ1) is 11.0. The van der Waals surface area contributed by atoms with Gasteiger partial charge in [0.05, 0.1) is 11.4 Å². The van der Waals surface area contributed by atoms with Gasteiger partial charge in [0.25, 0.3) is 0 Å². The Balaban J connectivity index is 2.40. The molecule has 17 heavy (non-hydrogen) atoms. The van der Waals surface area contributed by atoms with E-state index in [4.69, 9.17) is 15.7 Å². The van der Waals surface area contributed by atoms with Crippen molar-refractivity contribution in [3.63, 3.8) is 0 Å². The van der Waals surface area contributed by atoms with Crippen LogP contribution in [0.1, 0.15) is 11.3 Å². The molecule has 0 bridgehead atoms. The second-order valence-electron chi connectivity index (χ2n) is 3.54. The quantitative estimate of drug-likeness (QED) is 0.852. The number of rotatable bonds is 2. The maximum atomic E-state index is 8.99. The second kappa shape index (κ2) is 4.54. The largest absolute Gasteiger partial charge is 0.438 e. The number of ether oxygens (including phenoxy) is 1. The van der Waals surface area contributed by atoms with Crippen molar-refractivity contribution in [2.45, 2.75) is 6.92 Å². The first-order valence-corrected chi connectivity index (χ1v) is 5.11. The van der Waals surface area contributed by atoms with Gasteiger partial charge in [-0.05, 0) is 25.1 Å². The molecule has 4 nitrogen and oxygen atoms in total. The summed E-state index contributed by atoms with van der Waals surface area (Å²) in [5, 5.41) is 8.99. The van der Waals surface area contributed by atoms with Crippen LogP contribution in [0.2, 0.25) is 0 Å². The zero-order chi connectivity index (χ0) is 12.3. The minimum atomic E-state index is 0.283. The van der Waals surface area contributed by atoms with E-state index in [1.165, 1.54) is 0 Å². The number of nitrogen functional groups attached to an aromatic ring is 1. The van der Waals surface area contributed by atoms with Crippen molar-refractivity contribution in [2.75, 3.05) is 5.73 Å². The number of pyridine rings is 1. The lowest BCUT2D eigenvalue weighted by Gasteiger charge is -2.08. The predicted octanol–water partition coefficient (Wildman–Crippen LogP) is 2.64. The summed E-state index contributed by atoms with van der Waals surface area (Å²) in [5.74, 6) is 0.922. The van der Waals surface area contributed by atoms with Crippen LogP contribution in [-0.4, -0.2) is 4.98 Å². The molecule has 0 aliphatic carbocycles. The first-order valence-electron chi connectivity index (χ1n) is 5.11. The highest BCUT2D eigenvalue weighted by Gasteiger charge is 2.09. The molecule has 0 aliphatic heterocycles. The SMILES string of the molecule is Cc1nc(Oc2ccccc2)c(C#N)cc1N. The number of anilines is 1. The van der Waals surface area contributed by atoms with E-state index in [-0.39, 0.29) is 5.88 Å². The minimum absolute atomic E-state index is 0.283. The molecule has 2 N–H and O–H groups in total. The monoisotopic (exact) mass is 225 g/mol. The highest BCUT2D eigenvalue weighted by molar-refractivity contribution is 5.53. The normalized spacial score (nSPS) is 9.65. The number of nitrogens with two attached hydrogens (primary N) is 1. The summed E-state index contributed by atoms with van der Waals surface area (Å²) in [4.78, 5) is 4.17. The molecule has 2 rings (SSSR count). The molecule has 0 amide bonds. The number of nitrogens with zero attached hydrogens (tertiary/aromatic N) is 2. The number of hydrogen-bond acceptors (Lipinski definition) is 4. The zero-order valence-corrected chi connectivity index (χ0v) is 9.34. The number of aryl methyl sites for hydroxylation is 1. The van der Waals surface area contributed by atoms with Gasteiger partial charge < -0.3 is 10.5 Å². The highest BCUT2D eigenvalue weighted by atomic mass is 16.5. The van der Waals surface area contributed by atoms with E-state index in [2.05, 4.69) is 4.98 Å². The first-order chi connectivity index (χ1) is 8.20. The van der Waals surface area contributed by atoms with Gasteiger partial charge >= 0.3 is 0 Å². The molecule has 0 aliphatic rings. The lowest BCUT2D eigenvalue weighted by Crippen LogP contribution is -1.98. The van der Waals surface area contributed by atoms with Gasteiger partial charge in [-0.1, -0.05) is 18.2 Å². The van der Waals surface area contributed by atoms with Gasteiger partial charge in [0, 0.05) is 0 Å². The summed E-state index contributed by atoms with van der Waals surface area (Å²) in [7, 11) is 0. The summed E-state index contributed by atoms with van der Waals surface area (Å²) in [6.45, 7) is 1.77. The lowest BCUT2D eigenvalue weighted by atomic mass is 10.2. The van der Waals surface area contributed by atoms with Crippen molar-refractivity contribution in [1.82, 2.24) is 4.98 Å². The van der Waals surface area contributed by atoms with Crippen LogP contribution in [0, 0.1) is 18.3 Å². The number of aromatic nitrogens is 1. The highest BCUT2D eigenvalue weighted by Crippen LogP contribution is 2.25. The number of hydrogen-bond donors (Lipinski definition) is 1. The Labute approximate surface area is 99.3 Å². The van der Waals surface area contributed by atoms with Crippen molar-refractivity contribution in [2.24, 2.45) is 0 Å². The fourth-order valence-corrected chi connectivity index (χ4v) is 1.36. The Bertz CT molecular complexity index is 573. The predicted molar refractivity (Wildman–Crippen MR) is 64.6 cm³/mol. The Hall–Kier alpha value is -2.54. The Morgan fingerprint density at radius 3 is 2.65 bits per heavy atom. The summed E-state index contributed by atoms with van der Waals surface area (Å²) in [6.07, 6.45) is 0. The molecule has 0 saturated carbocycles. The molecule has 84 valence electrons. The lowest BCUT2D eigenvalue weighted by molar-refractivity contribution is 0.460. The number of para-hydroxylation sites is 1. The Kier molecular flexibility index (Phi) is 2.93. The van der Waals surface area contributed by atoms with Crippen LogP contribution in [0.5, 0.6) is 11.6 Å². The molecular formula is C13H11N3O. The molecule has 1 heterocycles. The van der Waals surface area contributed by atoms with Crippen LogP contribution >= 0.6 is 0 Å². The van der Waals surface area contributed by atoms with Gasteiger partial charge in [0.1, 0.15) is 17.4 Å². The van der Waals surface area contributed by atoms with Gasteiger partial charge in [-0.25, -0.2) is 4.98 Å². The summed E-state index contributed by atoms with van der Waals surface area (Å²) in [6, 6.07) is 12.8. The van der Waals surface area contributed by atoms with Crippen LogP contribution in [0.3, 0.4) is 0 Å². The third-order valence-electron chi connectivity index (χ3n) is 2.30. The molecular weight excluding hydrogens is 214 g/mol. The van der Waals surface area contributed by atoms with Crippen LogP contribution in [-0.2, 0) is 0 Å². The molecule has 0 atom stereocenters. The summed E-state index contributed by atoms with van der Waals surface area (Å²) >= 11 is 0. The van der Waals surface area contributed by atoms with Gasteiger partial charge in [-0.2, -0.15) is 5.26 Å². The molecule has 2 aromatic rings. The fourth-order valence-electron chi connectivity index (χ4n) is 1.36. The topological polar surface area (TPSA) is 71.9 Å². The average molecular weight is 225 g/mol. The van der Waals surface area contributed by atoms with Crippen molar-refractivity contribution in [1.29, 1.82) is 5.26 Å². The van der Waals surface area contributed by atoms with E-state index >= 15 is 0 Å².